The molecular formula is C14H14FNO3. The van der Waals surface area contributed by atoms with Crippen LogP contribution in [0.15, 0.2) is 40.8 Å². The Morgan fingerprint density at radius 1 is 1.26 bits per heavy atom. The van der Waals surface area contributed by atoms with Crippen molar-refractivity contribution in [3.63, 3.8) is 0 Å². The Morgan fingerprint density at radius 3 is 2.47 bits per heavy atom. The molecule has 100 valence electrons. The van der Waals surface area contributed by atoms with Gasteiger partial charge in [0.25, 0.3) is 0 Å². The zero-order valence-electron chi connectivity index (χ0n) is 10.2. The van der Waals surface area contributed by atoms with Gasteiger partial charge in [0.2, 0.25) is 5.76 Å². The maximum Gasteiger partial charge on any atom is 0.371 e. The van der Waals surface area contributed by atoms with Crippen LogP contribution >= 0.6 is 0 Å². The lowest BCUT2D eigenvalue weighted by Crippen LogP contribution is -2.14. The summed E-state index contributed by atoms with van der Waals surface area (Å²) in [5.41, 5.74) is 6.61. The Hall–Kier alpha value is -2.14. The third-order valence-corrected chi connectivity index (χ3v) is 2.95. The van der Waals surface area contributed by atoms with Crippen molar-refractivity contribution in [2.45, 2.75) is 12.3 Å². The van der Waals surface area contributed by atoms with Crippen molar-refractivity contribution < 1.29 is 18.7 Å². The molecule has 0 bridgehead atoms. The summed E-state index contributed by atoms with van der Waals surface area (Å²) in [5.74, 6) is -0.974. The number of carboxylic acid groups (broad SMARTS) is 1. The first-order valence-corrected chi connectivity index (χ1v) is 5.87. The van der Waals surface area contributed by atoms with Gasteiger partial charge < -0.3 is 15.3 Å². The third kappa shape index (κ3) is 3.20. The van der Waals surface area contributed by atoms with Crippen LogP contribution in [0.1, 0.15) is 27.8 Å². The first-order valence-electron chi connectivity index (χ1n) is 5.87. The minimum atomic E-state index is -1.10. The summed E-state index contributed by atoms with van der Waals surface area (Å²) in [7, 11) is 0. The molecule has 0 aliphatic heterocycles. The molecule has 2 rings (SSSR count). The van der Waals surface area contributed by atoms with E-state index in [4.69, 9.17) is 15.3 Å². The van der Waals surface area contributed by atoms with Crippen molar-refractivity contribution in [3.05, 3.63) is 59.3 Å². The number of aromatic carboxylic acids is 1. The first-order chi connectivity index (χ1) is 9.10. The molecule has 1 unspecified atom stereocenters. The second kappa shape index (κ2) is 5.67. The summed E-state index contributed by atoms with van der Waals surface area (Å²) in [6, 6.07) is 9.14. The molecule has 0 aliphatic rings. The van der Waals surface area contributed by atoms with Crippen molar-refractivity contribution in [3.8, 4) is 0 Å². The van der Waals surface area contributed by atoms with E-state index >= 15 is 0 Å². The van der Waals surface area contributed by atoms with E-state index in [1.54, 1.807) is 18.2 Å². The number of rotatable bonds is 5. The van der Waals surface area contributed by atoms with Gasteiger partial charge >= 0.3 is 5.97 Å². The third-order valence-electron chi connectivity index (χ3n) is 2.95. The minimum Gasteiger partial charge on any atom is -0.475 e. The average molecular weight is 263 g/mol. The van der Waals surface area contributed by atoms with Gasteiger partial charge in [-0.25, -0.2) is 9.18 Å². The summed E-state index contributed by atoms with van der Waals surface area (Å²) in [6.07, 6.45) is 0.482. The molecule has 3 N–H and O–H groups in total. The van der Waals surface area contributed by atoms with Gasteiger partial charge in [-0.3, -0.25) is 0 Å². The molecule has 1 heterocycles. The summed E-state index contributed by atoms with van der Waals surface area (Å²) in [5, 5.41) is 8.78. The van der Waals surface area contributed by atoms with Crippen molar-refractivity contribution in [1.82, 2.24) is 0 Å². The summed E-state index contributed by atoms with van der Waals surface area (Å²) in [4.78, 5) is 10.7. The Balaban J connectivity index is 2.14. The van der Waals surface area contributed by atoms with Crippen molar-refractivity contribution in [2.24, 2.45) is 5.73 Å². The van der Waals surface area contributed by atoms with E-state index in [1.807, 2.05) is 0 Å². The zero-order valence-corrected chi connectivity index (χ0v) is 10.2. The maximum atomic E-state index is 12.9. The van der Waals surface area contributed by atoms with Gasteiger partial charge in [0.1, 0.15) is 11.6 Å². The fourth-order valence-electron chi connectivity index (χ4n) is 1.92. The van der Waals surface area contributed by atoms with Gasteiger partial charge in [-0.2, -0.15) is 0 Å². The van der Waals surface area contributed by atoms with Crippen LogP contribution in [0.2, 0.25) is 0 Å². The highest BCUT2D eigenvalue weighted by Gasteiger charge is 2.15. The van der Waals surface area contributed by atoms with Crippen molar-refractivity contribution in [2.75, 3.05) is 6.54 Å². The van der Waals surface area contributed by atoms with Crippen LogP contribution in [0.25, 0.3) is 0 Å². The summed E-state index contributed by atoms with van der Waals surface area (Å²) >= 11 is 0. The smallest absolute Gasteiger partial charge is 0.371 e. The lowest BCUT2D eigenvalue weighted by molar-refractivity contribution is 0.0660. The minimum absolute atomic E-state index is 0.0339. The highest BCUT2D eigenvalue weighted by Crippen LogP contribution is 2.21. The molecule has 2 aromatic rings. The fraction of sp³-hybridized carbons (Fsp3) is 0.214. The monoisotopic (exact) mass is 263 g/mol. The van der Waals surface area contributed by atoms with E-state index in [1.165, 1.54) is 18.2 Å². The topological polar surface area (TPSA) is 76.5 Å². The molecule has 0 saturated heterocycles. The molecule has 5 heteroatoms. The van der Waals surface area contributed by atoms with Crippen LogP contribution in [0.4, 0.5) is 4.39 Å². The second-order valence-electron chi connectivity index (χ2n) is 4.26. The van der Waals surface area contributed by atoms with Crippen molar-refractivity contribution in [1.29, 1.82) is 0 Å². The molecule has 0 spiro atoms. The lowest BCUT2D eigenvalue weighted by Gasteiger charge is -2.13. The predicted molar refractivity (Wildman–Crippen MR) is 67.6 cm³/mol. The van der Waals surface area contributed by atoms with Gasteiger partial charge in [0.15, 0.2) is 0 Å². The van der Waals surface area contributed by atoms with E-state index < -0.39 is 5.97 Å². The predicted octanol–water partition coefficient (Wildman–Crippen LogP) is 2.40. The van der Waals surface area contributed by atoms with Gasteiger partial charge in [0.05, 0.1) is 0 Å². The first kappa shape index (κ1) is 13.3. The van der Waals surface area contributed by atoms with Crippen LogP contribution < -0.4 is 5.73 Å². The average Bonchev–Trinajstić information content (AvgIpc) is 2.86. The Kier molecular flexibility index (Phi) is 3.97. The van der Waals surface area contributed by atoms with E-state index in [2.05, 4.69) is 0 Å². The SMILES string of the molecule is NCC(Cc1ccc(C(=O)O)o1)c1ccc(F)cc1. The van der Waals surface area contributed by atoms with Crippen LogP contribution in [0.3, 0.4) is 0 Å². The molecule has 4 nitrogen and oxygen atoms in total. The highest BCUT2D eigenvalue weighted by atomic mass is 19.1. The fourth-order valence-corrected chi connectivity index (χ4v) is 1.92. The molecule has 0 amide bonds. The van der Waals surface area contributed by atoms with E-state index in [9.17, 15) is 9.18 Å². The molecule has 0 saturated carbocycles. The van der Waals surface area contributed by atoms with E-state index in [-0.39, 0.29) is 17.5 Å². The van der Waals surface area contributed by atoms with Crippen LogP contribution in [0, 0.1) is 5.82 Å². The zero-order chi connectivity index (χ0) is 13.8. The number of hydrogen-bond donors (Lipinski definition) is 2. The number of benzene rings is 1. The maximum absolute atomic E-state index is 12.9. The molecular weight excluding hydrogens is 249 g/mol. The van der Waals surface area contributed by atoms with Gasteiger partial charge in [0, 0.05) is 12.3 Å². The van der Waals surface area contributed by atoms with E-state index in [0.717, 1.165) is 5.56 Å². The number of carbonyl (C=O) groups is 1. The number of hydrogen-bond acceptors (Lipinski definition) is 3. The molecule has 0 aliphatic carbocycles. The normalized spacial score (nSPS) is 12.3. The van der Waals surface area contributed by atoms with Gasteiger partial charge in [-0.1, -0.05) is 12.1 Å². The lowest BCUT2D eigenvalue weighted by atomic mass is 9.95. The van der Waals surface area contributed by atoms with Crippen LogP contribution in [-0.4, -0.2) is 17.6 Å². The van der Waals surface area contributed by atoms with Crippen LogP contribution in [0.5, 0.6) is 0 Å². The highest BCUT2D eigenvalue weighted by molar-refractivity contribution is 5.84. The largest absolute Gasteiger partial charge is 0.475 e. The van der Waals surface area contributed by atoms with Gasteiger partial charge in [-0.15, -0.1) is 0 Å². The standard InChI is InChI=1S/C14H14FNO3/c15-11-3-1-9(2-4-11)10(8-16)7-12-5-6-13(19-12)14(17)18/h1-6,10H,7-8,16H2,(H,17,18). The second-order valence-corrected chi connectivity index (χ2v) is 4.26. The Morgan fingerprint density at radius 2 is 1.95 bits per heavy atom. The van der Waals surface area contributed by atoms with Crippen molar-refractivity contribution >= 4 is 5.97 Å². The van der Waals surface area contributed by atoms with Gasteiger partial charge in [-0.05, 0) is 36.4 Å². The molecule has 1 aromatic carbocycles. The Bertz CT molecular complexity index is 562. The molecule has 0 fully saturated rings. The summed E-state index contributed by atoms with van der Waals surface area (Å²) in [6.45, 7) is 0.370. The number of carboxylic acids is 1. The number of furan rings is 1. The molecule has 19 heavy (non-hydrogen) atoms. The molecule has 1 atom stereocenters. The molecule has 0 radical (unpaired) electrons. The van der Waals surface area contributed by atoms with E-state index in [0.29, 0.717) is 18.7 Å². The number of halogens is 1. The molecule has 1 aromatic heterocycles. The van der Waals surface area contributed by atoms with Crippen LogP contribution in [-0.2, 0) is 6.42 Å². The Labute approximate surface area is 109 Å². The number of nitrogens with two attached hydrogens (primary N) is 1. The summed E-state index contributed by atoms with van der Waals surface area (Å²) < 4.78 is 18.1. The quantitative estimate of drug-likeness (QED) is 0.868.